The molecule has 0 atom stereocenters. The van der Waals surface area contributed by atoms with Gasteiger partial charge in [0, 0.05) is 12.6 Å². The molecule has 0 heterocycles. The Morgan fingerprint density at radius 2 is 1.90 bits per heavy atom. The van der Waals surface area contributed by atoms with Crippen molar-refractivity contribution in [3.05, 3.63) is 29.3 Å². The first-order valence-corrected chi connectivity index (χ1v) is 7.31. The van der Waals surface area contributed by atoms with Crippen LogP contribution in [0.4, 0.5) is 8.78 Å². The molecule has 0 aliphatic rings. The van der Waals surface area contributed by atoms with Crippen molar-refractivity contribution >= 4 is 16.0 Å². The van der Waals surface area contributed by atoms with Gasteiger partial charge in [0.25, 0.3) is 0 Å². The fraction of sp³-hybridized carbons (Fsp3) is 0.417. The highest BCUT2D eigenvalue weighted by Gasteiger charge is 2.31. The fourth-order valence-electron chi connectivity index (χ4n) is 1.81. The SMILES string of the molecule is CCN(C(C)C)S(=O)(=O)c1cc(C(=O)O)cc(F)c1F. The molecule has 1 N–H and O–H groups in total. The molecule has 0 spiro atoms. The van der Waals surface area contributed by atoms with Crippen molar-refractivity contribution in [3.8, 4) is 0 Å². The molecular weight excluding hydrogens is 292 g/mol. The van der Waals surface area contributed by atoms with Crippen LogP contribution in [0.3, 0.4) is 0 Å². The first-order chi connectivity index (χ1) is 9.12. The fourth-order valence-corrected chi connectivity index (χ4v) is 3.56. The maximum atomic E-state index is 13.7. The Morgan fingerprint density at radius 1 is 1.35 bits per heavy atom. The second-order valence-electron chi connectivity index (χ2n) is 4.38. The molecule has 1 aromatic rings. The van der Waals surface area contributed by atoms with E-state index in [0.717, 1.165) is 4.31 Å². The van der Waals surface area contributed by atoms with Crippen LogP contribution in [0, 0.1) is 11.6 Å². The normalized spacial score (nSPS) is 12.2. The third kappa shape index (κ3) is 2.96. The molecule has 0 aliphatic heterocycles. The van der Waals surface area contributed by atoms with E-state index < -0.39 is 44.1 Å². The molecule has 0 aliphatic carbocycles. The lowest BCUT2D eigenvalue weighted by atomic mass is 10.2. The summed E-state index contributed by atoms with van der Waals surface area (Å²) in [6, 6.07) is 0.602. The number of aromatic carboxylic acids is 1. The van der Waals surface area contributed by atoms with E-state index in [4.69, 9.17) is 5.11 Å². The maximum Gasteiger partial charge on any atom is 0.335 e. The minimum atomic E-state index is -4.30. The summed E-state index contributed by atoms with van der Waals surface area (Å²) in [7, 11) is -4.30. The highest BCUT2D eigenvalue weighted by molar-refractivity contribution is 7.89. The summed E-state index contributed by atoms with van der Waals surface area (Å²) >= 11 is 0. The first-order valence-electron chi connectivity index (χ1n) is 5.87. The van der Waals surface area contributed by atoms with Gasteiger partial charge in [-0.15, -0.1) is 0 Å². The Bertz CT molecular complexity index is 629. The molecular formula is C12H15F2NO4S. The summed E-state index contributed by atoms with van der Waals surface area (Å²) in [6.07, 6.45) is 0. The minimum Gasteiger partial charge on any atom is -0.478 e. The van der Waals surface area contributed by atoms with Crippen molar-refractivity contribution in [3.63, 3.8) is 0 Å². The van der Waals surface area contributed by atoms with E-state index in [9.17, 15) is 22.0 Å². The molecule has 0 fully saturated rings. The second kappa shape index (κ2) is 5.84. The van der Waals surface area contributed by atoms with E-state index in [1.807, 2.05) is 0 Å². The molecule has 0 aromatic heterocycles. The molecule has 20 heavy (non-hydrogen) atoms. The van der Waals surface area contributed by atoms with Gasteiger partial charge in [-0.25, -0.2) is 22.0 Å². The smallest absolute Gasteiger partial charge is 0.335 e. The summed E-state index contributed by atoms with van der Waals surface area (Å²) < 4.78 is 52.6. The average molecular weight is 307 g/mol. The highest BCUT2D eigenvalue weighted by Crippen LogP contribution is 2.24. The van der Waals surface area contributed by atoms with Gasteiger partial charge < -0.3 is 5.11 Å². The van der Waals surface area contributed by atoms with Gasteiger partial charge in [-0.1, -0.05) is 6.92 Å². The predicted octanol–water partition coefficient (Wildman–Crippen LogP) is 2.08. The summed E-state index contributed by atoms with van der Waals surface area (Å²) in [5.41, 5.74) is -0.623. The lowest BCUT2D eigenvalue weighted by Crippen LogP contribution is -2.37. The zero-order chi connectivity index (χ0) is 15.7. The number of carboxylic acid groups (broad SMARTS) is 1. The van der Waals surface area contributed by atoms with Crippen molar-refractivity contribution in [1.29, 1.82) is 0 Å². The Morgan fingerprint density at radius 3 is 2.30 bits per heavy atom. The molecule has 0 radical (unpaired) electrons. The Labute approximate surface area is 115 Å². The van der Waals surface area contributed by atoms with Gasteiger partial charge in [0.2, 0.25) is 10.0 Å². The average Bonchev–Trinajstić information content (AvgIpc) is 2.31. The van der Waals surface area contributed by atoms with Crippen LogP contribution in [0.2, 0.25) is 0 Å². The monoisotopic (exact) mass is 307 g/mol. The van der Waals surface area contributed by atoms with Gasteiger partial charge in [-0.2, -0.15) is 4.31 Å². The summed E-state index contributed by atoms with van der Waals surface area (Å²) in [5, 5.41) is 8.80. The third-order valence-electron chi connectivity index (χ3n) is 2.72. The number of carbonyl (C=O) groups is 1. The second-order valence-corrected chi connectivity index (χ2v) is 6.24. The molecule has 1 rings (SSSR count). The van der Waals surface area contributed by atoms with Crippen molar-refractivity contribution in [1.82, 2.24) is 4.31 Å². The number of hydrogen-bond donors (Lipinski definition) is 1. The van der Waals surface area contributed by atoms with Gasteiger partial charge in [0.1, 0.15) is 4.90 Å². The van der Waals surface area contributed by atoms with Crippen LogP contribution in [-0.2, 0) is 10.0 Å². The lowest BCUT2D eigenvalue weighted by Gasteiger charge is -2.24. The van der Waals surface area contributed by atoms with E-state index in [0.29, 0.717) is 12.1 Å². The topological polar surface area (TPSA) is 74.7 Å². The minimum absolute atomic E-state index is 0.0539. The molecule has 0 saturated heterocycles. The van der Waals surface area contributed by atoms with Crippen LogP contribution in [0.5, 0.6) is 0 Å². The van der Waals surface area contributed by atoms with E-state index in [-0.39, 0.29) is 6.54 Å². The summed E-state index contributed by atoms with van der Waals surface area (Å²) in [5.74, 6) is -4.62. The zero-order valence-corrected chi connectivity index (χ0v) is 12.0. The van der Waals surface area contributed by atoms with E-state index in [1.54, 1.807) is 20.8 Å². The summed E-state index contributed by atoms with van der Waals surface area (Å²) in [4.78, 5) is 9.85. The lowest BCUT2D eigenvalue weighted by molar-refractivity contribution is 0.0696. The van der Waals surface area contributed by atoms with Gasteiger partial charge >= 0.3 is 5.97 Å². The van der Waals surface area contributed by atoms with E-state index in [1.165, 1.54) is 0 Å². The van der Waals surface area contributed by atoms with Gasteiger partial charge in [0.05, 0.1) is 5.56 Å². The standard InChI is InChI=1S/C12H15F2NO4S/c1-4-15(7(2)3)20(18,19)10-6-8(12(16)17)5-9(13)11(10)14/h5-7H,4H2,1-3H3,(H,16,17). The van der Waals surface area contributed by atoms with Crippen LogP contribution in [-0.4, -0.2) is 36.4 Å². The number of benzene rings is 1. The number of carboxylic acids is 1. The predicted molar refractivity (Wildman–Crippen MR) is 68.0 cm³/mol. The van der Waals surface area contributed by atoms with Gasteiger partial charge in [-0.3, -0.25) is 0 Å². The van der Waals surface area contributed by atoms with Gasteiger partial charge in [-0.05, 0) is 26.0 Å². The largest absolute Gasteiger partial charge is 0.478 e. The van der Waals surface area contributed by atoms with Crippen molar-refractivity contribution in [2.24, 2.45) is 0 Å². The first kappa shape index (κ1) is 16.5. The Balaban J connectivity index is 3.56. The molecule has 1 aromatic carbocycles. The van der Waals surface area contributed by atoms with Crippen LogP contribution in [0.25, 0.3) is 0 Å². The Kier molecular flexibility index (Phi) is 4.82. The molecule has 5 nitrogen and oxygen atoms in total. The van der Waals surface area contributed by atoms with E-state index >= 15 is 0 Å². The van der Waals surface area contributed by atoms with Crippen LogP contribution >= 0.6 is 0 Å². The molecule has 0 bridgehead atoms. The Hall–Kier alpha value is -1.54. The third-order valence-corrected chi connectivity index (χ3v) is 4.87. The van der Waals surface area contributed by atoms with Crippen LogP contribution < -0.4 is 0 Å². The zero-order valence-electron chi connectivity index (χ0n) is 11.2. The molecule has 0 unspecified atom stereocenters. The van der Waals surface area contributed by atoms with Crippen molar-refractivity contribution in [2.45, 2.75) is 31.7 Å². The van der Waals surface area contributed by atoms with Crippen LogP contribution in [0.1, 0.15) is 31.1 Å². The van der Waals surface area contributed by atoms with Gasteiger partial charge in [0.15, 0.2) is 11.6 Å². The molecule has 8 heteroatoms. The van der Waals surface area contributed by atoms with E-state index in [2.05, 4.69) is 0 Å². The molecule has 112 valence electrons. The number of hydrogen-bond acceptors (Lipinski definition) is 3. The molecule has 0 saturated carbocycles. The van der Waals surface area contributed by atoms with Crippen molar-refractivity contribution in [2.75, 3.05) is 6.54 Å². The molecule has 0 amide bonds. The van der Waals surface area contributed by atoms with Crippen molar-refractivity contribution < 1.29 is 27.1 Å². The number of halogens is 2. The number of nitrogens with zero attached hydrogens (tertiary/aromatic N) is 1. The summed E-state index contributed by atoms with van der Waals surface area (Å²) in [6.45, 7) is 4.76. The maximum absolute atomic E-state index is 13.7. The van der Waals surface area contributed by atoms with Crippen LogP contribution in [0.15, 0.2) is 17.0 Å². The highest BCUT2D eigenvalue weighted by atomic mass is 32.2. The number of sulfonamides is 1. The quantitative estimate of drug-likeness (QED) is 0.904. The number of rotatable bonds is 5.